The highest BCUT2D eigenvalue weighted by atomic mass is 35.5. The van der Waals surface area contributed by atoms with Crippen molar-refractivity contribution in [1.82, 2.24) is 4.31 Å². The van der Waals surface area contributed by atoms with Gasteiger partial charge in [0.05, 0.1) is 5.75 Å². The zero-order valence-electron chi connectivity index (χ0n) is 12.5. The molecule has 20 heavy (non-hydrogen) atoms. The summed E-state index contributed by atoms with van der Waals surface area (Å²) in [6, 6.07) is 7.43. The Labute approximate surface area is 128 Å². The van der Waals surface area contributed by atoms with Crippen LogP contribution in [0.25, 0.3) is 0 Å². The number of hydrogen-bond acceptors (Lipinski definition) is 2. The topological polar surface area (TPSA) is 37.4 Å². The summed E-state index contributed by atoms with van der Waals surface area (Å²) in [5.74, 6) is 0.880. The van der Waals surface area contributed by atoms with Crippen molar-refractivity contribution in [3.8, 4) is 0 Å². The molecule has 1 atom stereocenters. The summed E-state index contributed by atoms with van der Waals surface area (Å²) in [5, 5.41) is 0. The maximum absolute atomic E-state index is 12.4. The number of halogens is 1. The van der Waals surface area contributed by atoms with Gasteiger partial charge >= 0.3 is 0 Å². The predicted octanol–water partition coefficient (Wildman–Crippen LogP) is 3.62. The molecule has 0 saturated carbocycles. The van der Waals surface area contributed by atoms with Gasteiger partial charge in [0.25, 0.3) is 0 Å². The minimum atomic E-state index is -3.25. The number of nitrogens with zero attached hydrogens (tertiary/aromatic N) is 1. The molecule has 1 aromatic carbocycles. The summed E-state index contributed by atoms with van der Waals surface area (Å²) >= 11 is 5.73. The molecule has 0 amide bonds. The average molecular weight is 318 g/mol. The molecule has 0 saturated heterocycles. The van der Waals surface area contributed by atoms with E-state index in [0.717, 1.165) is 17.5 Å². The first kappa shape index (κ1) is 17.5. The van der Waals surface area contributed by atoms with Crippen molar-refractivity contribution in [2.24, 2.45) is 5.92 Å². The summed E-state index contributed by atoms with van der Waals surface area (Å²) in [7, 11) is -3.25. The molecule has 0 heterocycles. The normalized spacial score (nSPS) is 13.7. The highest BCUT2D eigenvalue weighted by Crippen LogP contribution is 2.15. The SMILES string of the molecule is CCC(C)CN(CC)S(=O)(=O)Cc1ccc(CCl)cc1. The van der Waals surface area contributed by atoms with Crippen LogP contribution in [0.2, 0.25) is 0 Å². The lowest BCUT2D eigenvalue weighted by atomic mass is 10.1. The van der Waals surface area contributed by atoms with Crippen LogP contribution in [0.15, 0.2) is 24.3 Å². The summed E-state index contributed by atoms with van der Waals surface area (Å²) in [5.41, 5.74) is 1.81. The van der Waals surface area contributed by atoms with E-state index in [1.807, 2.05) is 31.2 Å². The third kappa shape index (κ3) is 5.08. The van der Waals surface area contributed by atoms with Crippen molar-refractivity contribution in [1.29, 1.82) is 0 Å². The Morgan fingerprint density at radius 2 is 1.70 bits per heavy atom. The first-order valence-corrected chi connectivity index (χ1v) is 9.18. The van der Waals surface area contributed by atoms with Gasteiger partial charge in [-0.3, -0.25) is 0 Å². The Bertz CT molecular complexity index is 499. The third-order valence-electron chi connectivity index (χ3n) is 3.48. The lowest BCUT2D eigenvalue weighted by Crippen LogP contribution is -2.35. The van der Waals surface area contributed by atoms with E-state index >= 15 is 0 Å². The predicted molar refractivity (Wildman–Crippen MR) is 85.3 cm³/mol. The molecule has 0 spiro atoms. The van der Waals surface area contributed by atoms with E-state index in [2.05, 4.69) is 13.8 Å². The van der Waals surface area contributed by atoms with Crippen LogP contribution in [0.1, 0.15) is 38.3 Å². The first-order valence-electron chi connectivity index (χ1n) is 7.04. The van der Waals surface area contributed by atoms with E-state index in [9.17, 15) is 8.42 Å². The fraction of sp³-hybridized carbons (Fsp3) is 0.600. The molecule has 3 nitrogen and oxygen atoms in total. The Morgan fingerprint density at radius 1 is 1.15 bits per heavy atom. The van der Waals surface area contributed by atoms with Crippen molar-refractivity contribution in [3.63, 3.8) is 0 Å². The van der Waals surface area contributed by atoms with Crippen molar-refractivity contribution < 1.29 is 8.42 Å². The fourth-order valence-electron chi connectivity index (χ4n) is 1.94. The van der Waals surface area contributed by atoms with Crippen LogP contribution in [-0.2, 0) is 21.7 Å². The Morgan fingerprint density at radius 3 is 2.15 bits per heavy atom. The lowest BCUT2D eigenvalue weighted by molar-refractivity contribution is 0.361. The van der Waals surface area contributed by atoms with Crippen LogP contribution in [0.5, 0.6) is 0 Å². The highest BCUT2D eigenvalue weighted by molar-refractivity contribution is 7.88. The molecule has 1 unspecified atom stereocenters. The molecular formula is C15H24ClNO2S. The molecule has 1 aromatic rings. The van der Waals surface area contributed by atoms with E-state index in [1.54, 1.807) is 4.31 Å². The maximum atomic E-state index is 12.4. The van der Waals surface area contributed by atoms with Gasteiger partial charge < -0.3 is 0 Å². The summed E-state index contributed by atoms with van der Waals surface area (Å²) in [6.07, 6.45) is 0.983. The van der Waals surface area contributed by atoms with Crippen molar-refractivity contribution in [3.05, 3.63) is 35.4 Å². The minimum Gasteiger partial charge on any atom is -0.212 e. The lowest BCUT2D eigenvalue weighted by Gasteiger charge is -2.23. The molecule has 0 aromatic heterocycles. The van der Waals surface area contributed by atoms with Crippen molar-refractivity contribution in [2.75, 3.05) is 13.1 Å². The van der Waals surface area contributed by atoms with Crippen LogP contribution in [-0.4, -0.2) is 25.8 Å². The zero-order chi connectivity index (χ0) is 15.2. The second kappa shape index (κ2) is 8.01. The third-order valence-corrected chi connectivity index (χ3v) is 5.69. The fourth-order valence-corrected chi connectivity index (χ4v) is 3.79. The van der Waals surface area contributed by atoms with Gasteiger partial charge in [-0.25, -0.2) is 12.7 Å². The molecule has 0 aliphatic carbocycles. The van der Waals surface area contributed by atoms with E-state index in [1.165, 1.54) is 0 Å². The largest absolute Gasteiger partial charge is 0.218 e. The molecule has 0 radical (unpaired) electrons. The van der Waals surface area contributed by atoms with E-state index in [0.29, 0.717) is 24.9 Å². The number of hydrogen-bond donors (Lipinski definition) is 0. The van der Waals surface area contributed by atoms with E-state index in [4.69, 9.17) is 11.6 Å². The standard InChI is InChI=1S/C15H24ClNO2S/c1-4-13(3)11-17(5-2)20(18,19)12-15-8-6-14(10-16)7-9-15/h6-9,13H,4-5,10-12H2,1-3H3. The van der Waals surface area contributed by atoms with Gasteiger partial charge in [0, 0.05) is 19.0 Å². The van der Waals surface area contributed by atoms with E-state index < -0.39 is 10.0 Å². The molecular weight excluding hydrogens is 294 g/mol. The van der Waals surface area contributed by atoms with Gasteiger partial charge in [-0.2, -0.15) is 0 Å². The smallest absolute Gasteiger partial charge is 0.212 e. The Hall–Kier alpha value is -0.580. The summed E-state index contributed by atoms with van der Waals surface area (Å²) in [6.45, 7) is 7.15. The number of rotatable bonds is 8. The Balaban J connectivity index is 2.80. The first-order chi connectivity index (χ1) is 9.42. The van der Waals surface area contributed by atoms with Gasteiger partial charge in [0.1, 0.15) is 0 Å². The molecule has 1 rings (SSSR count). The molecule has 0 aliphatic heterocycles. The highest BCUT2D eigenvalue weighted by Gasteiger charge is 2.22. The number of sulfonamides is 1. The monoisotopic (exact) mass is 317 g/mol. The van der Waals surface area contributed by atoms with Crippen LogP contribution in [0, 0.1) is 5.92 Å². The van der Waals surface area contributed by atoms with Crippen molar-refractivity contribution in [2.45, 2.75) is 38.8 Å². The molecule has 0 bridgehead atoms. The second-order valence-corrected chi connectivity index (χ2v) is 7.41. The van der Waals surface area contributed by atoms with E-state index in [-0.39, 0.29) is 5.75 Å². The van der Waals surface area contributed by atoms with Gasteiger partial charge in [-0.1, -0.05) is 51.5 Å². The quantitative estimate of drug-likeness (QED) is 0.687. The van der Waals surface area contributed by atoms with Gasteiger partial charge in [-0.15, -0.1) is 11.6 Å². The average Bonchev–Trinajstić information content (AvgIpc) is 2.44. The summed E-state index contributed by atoms with van der Waals surface area (Å²) in [4.78, 5) is 0. The molecule has 0 aliphatic rings. The van der Waals surface area contributed by atoms with Gasteiger partial charge in [0.15, 0.2) is 0 Å². The van der Waals surface area contributed by atoms with Crippen LogP contribution in [0.3, 0.4) is 0 Å². The van der Waals surface area contributed by atoms with Gasteiger partial charge in [0.2, 0.25) is 10.0 Å². The van der Waals surface area contributed by atoms with Crippen LogP contribution < -0.4 is 0 Å². The second-order valence-electron chi connectivity index (χ2n) is 5.17. The molecule has 5 heteroatoms. The summed E-state index contributed by atoms with van der Waals surface area (Å²) < 4.78 is 26.5. The number of benzene rings is 1. The number of alkyl halides is 1. The van der Waals surface area contributed by atoms with Crippen LogP contribution >= 0.6 is 11.6 Å². The molecule has 0 fully saturated rings. The minimum absolute atomic E-state index is 0.0554. The van der Waals surface area contributed by atoms with Gasteiger partial charge in [-0.05, 0) is 17.0 Å². The zero-order valence-corrected chi connectivity index (χ0v) is 14.0. The van der Waals surface area contributed by atoms with Crippen molar-refractivity contribution >= 4 is 21.6 Å². The molecule has 114 valence electrons. The maximum Gasteiger partial charge on any atom is 0.218 e. The Kier molecular flexibility index (Phi) is 7.00. The molecule has 0 N–H and O–H groups in total. The van der Waals surface area contributed by atoms with Crippen LogP contribution in [0.4, 0.5) is 0 Å².